The van der Waals surface area contributed by atoms with E-state index in [2.05, 4.69) is 5.32 Å². The third kappa shape index (κ3) is 5.02. The Labute approximate surface area is 149 Å². The average molecular weight is 363 g/mol. The van der Waals surface area contributed by atoms with E-state index in [1.165, 1.54) is 19.2 Å². The van der Waals surface area contributed by atoms with Crippen molar-refractivity contribution >= 4 is 11.9 Å². The van der Waals surface area contributed by atoms with Crippen LogP contribution >= 0.6 is 0 Å². The maximum Gasteiger partial charge on any atom is 0.308 e. The van der Waals surface area contributed by atoms with Crippen LogP contribution in [0.1, 0.15) is 11.1 Å². The van der Waals surface area contributed by atoms with Crippen LogP contribution in [-0.4, -0.2) is 30.6 Å². The quantitative estimate of drug-likeness (QED) is 0.756. The molecule has 0 saturated carbocycles. The number of carboxylic acid groups (broad SMARTS) is 1. The van der Waals surface area contributed by atoms with Crippen LogP contribution in [0.15, 0.2) is 42.5 Å². The van der Waals surface area contributed by atoms with Gasteiger partial charge in [-0.1, -0.05) is 30.3 Å². The molecule has 0 saturated heterocycles. The molecule has 0 aliphatic rings. The molecule has 5 nitrogen and oxygen atoms in total. The number of para-hydroxylation sites is 1. The van der Waals surface area contributed by atoms with Gasteiger partial charge in [0.15, 0.2) is 11.6 Å². The lowest BCUT2D eigenvalue weighted by atomic mass is 9.98. The Morgan fingerprint density at radius 3 is 2.50 bits per heavy atom. The van der Waals surface area contributed by atoms with Crippen LogP contribution in [0.2, 0.25) is 0 Å². The highest BCUT2D eigenvalue weighted by atomic mass is 19.2. The Bertz CT molecular complexity index is 795. The number of carboxylic acids is 1. The number of hydrogen-bond donors (Lipinski definition) is 2. The van der Waals surface area contributed by atoms with Crippen molar-refractivity contribution < 1.29 is 28.2 Å². The summed E-state index contributed by atoms with van der Waals surface area (Å²) in [7, 11) is 1.49. The summed E-state index contributed by atoms with van der Waals surface area (Å²) >= 11 is 0. The summed E-state index contributed by atoms with van der Waals surface area (Å²) < 4.78 is 32.0. The number of halogens is 2. The Morgan fingerprint density at radius 2 is 1.81 bits per heavy atom. The minimum absolute atomic E-state index is 0.0842. The summed E-state index contributed by atoms with van der Waals surface area (Å²) in [6, 6.07) is 10.6. The summed E-state index contributed by atoms with van der Waals surface area (Å²) in [6.45, 7) is -0.136. The molecule has 2 rings (SSSR count). The Hall–Kier alpha value is -2.96. The third-order valence-electron chi connectivity index (χ3n) is 3.94. The van der Waals surface area contributed by atoms with E-state index in [-0.39, 0.29) is 24.9 Å². The molecule has 0 aliphatic heterocycles. The van der Waals surface area contributed by atoms with Gasteiger partial charge in [0.1, 0.15) is 5.75 Å². The topological polar surface area (TPSA) is 75.6 Å². The van der Waals surface area contributed by atoms with Crippen molar-refractivity contribution in [2.45, 2.75) is 12.8 Å². The lowest BCUT2D eigenvalue weighted by Crippen LogP contribution is -2.35. The highest BCUT2D eigenvalue weighted by molar-refractivity contribution is 5.79. The van der Waals surface area contributed by atoms with Gasteiger partial charge in [-0.05, 0) is 24.1 Å². The van der Waals surface area contributed by atoms with E-state index in [9.17, 15) is 23.5 Å². The zero-order valence-electron chi connectivity index (χ0n) is 14.2. The molecule has 1 unspecified atom stereocenters. The van der Waals surface area contributed by atoms with Crippen LogP contribution in [0, 0.1) is 17.6 Å². The molecule has 2 aromatic rings. The number of hydrogen-bond acceptors (Lipinski definition) is 3. The van der Waals surface area contributed by atoms with Gasteiger partial charge in [-0.15, -0.1) is 0 Å². The monoisotopic (exact) mass is 363 g/mol. The predicted molar refractivity (Wildman–Crippen MR) is 90.9 cm³/mol. The summed E-state index contributed by atoms with van der Waals surface area (Å²) in [5, 5.41) is 11.8. The van der Waals surface area contributed by atoms with Crippen LogP contribution in [0.25, 0.3) is 0 Å². The molecule has 138 valence electrons. The molecule has 26 heavy (non-hydrogen) atoms. The molecule has 1 amide bonds. The van der Waals surface area contributed by atoms with Crippen LogP contribution in [0.5, 0.6) is 5.75 Å². The van der Waals surface area contributed by atoms with Crippen molar-refractivity contribution in [3.63, 3.8) is 0 Å². The molecular formula is C19H19F2NO4. The molecule has 0 aromatic heterocycles. The van der Waals surface area contributed by atoms with Crippen LogP contribution < -0.4 is 10.1 Å². The molecule has 0 bridgehead atoms. The van der Waals surface area contributed by atoms with Gasteiger partial charge in [0.05, 0.1) is 19.4 Å². The number of carbonyl (C=O) groups is 2. The predicted octanol–water partition coefficient (Wildman–Crippen LogP) is 2.58. The van der Waals surface area contributed by atoms with E-state index in [1.54, 1.807) is 24.3 Å². The van der Waals surface area contributed by atoms with Crippen LogP contribution in [-0.2, 0) is 22.4 Å². The second-order valence-electron chi connectivity index (χ2n) is 5.74. The first kappa shape index (κ1) is 19.4. The molecule has 0 radical (unpaired) electrons. The highest BCUT2D eigenvalue weighted by Gasteiger charge is 2.21. The standard InChI is InChI=1S/C19H19F2NO4/c1-26-16-8-3-2-5-12(16)9-14(19(24)25)11-22-17(23)10-13-6-4-7-15(20)18(13)21/h2-8,14H,9-11H2,1H3,(H,22,23)(H,24,25). The molecule has 7 heteroatoms. The van der Waals surface area contributed by atoms with E-state index >= 15 is 0 Å². The van der Waals surface area contributed by atoms with Crippen LogP contribution in [0.3, 0.4) is 0 Å². The first-order valence-electron chi connectivity index (χ1n) is 7.96. The van der Waals surface area contributed by atoms with Crippen LogP contribution in [0.4, 0.5) is 8.78 Å². The Balaban J connectivity index is 1.99. The number of methoxy groups -OCH3 is 1. The first-order chi connectivity index (χ1) is 12.4. The maximum atomic E-state index is 13.6. The summed E-state index contributed by atoms with van der Waals surface area (Å²) in [5.74, 6) is -4.09. The maximum absolute atomic E-state index is 13.6. The first-order valence-corrected chi connectivity index (χ1v) is 7.96. The van der Waals surface area contributed by atoms with Crippen molar-refractivity contribution in [2.24, 2.45) is 5.92 Å². The number of nitrogens with one attached hydrogen (secondary N) is 1. The van der Waals surface area contributed by atoms with E-state index in [0.717, 1.165) is 6.07 Å². The van der Waals surface area contributed by atoms with Crippen molar-refractivity contribution in [1.82, 2.24) is 5.32 Å². The molecule has 0 aliphatic carbocycles. The van der Waals surface area contributed by atoms with Gasteiger partial charge in [0.25, 0.3) is 0 Å². The number of amides is 1. The van der Waals surface area contributed by atoms with Gasteiger partial charge < -0.3 is 15.2 Å². The van der Waals surface area contributed by atoms with Crippen molar-refractivity contribution in [1.29, 1.82) is 0 Å². The molecule has 0 fully saturated rings. The number of ether oxygens (including phenoxy) is 1. The number of aliphatic carboxylic acids is 1. The van der Waals surface area contributed by atoms with Crippen molar-refractivity contribution in [3.8, 4) is 5.75 Å². The molecule has 1 atom stereocenters. The third-order valence-corrected chi connectivity index (χ3v) is 3.94. The largest absolute Gasteiger partial charge is 0.496 e. The van der Waals surface area contributed by atoms with Crippen molar-refractivity contribution in [2.75, 3.05) is 13.7 Å². The van der Waals surface area contributed by atoms with E-state index in [1.807, 2.05) is 0 Å². The van der Waals surface area contributed by atoms with Crippen molar-refractivity contribution in [3.05, 3.63) is 65.2 Å². The lowest BCUT2D eigenvalue weighted by Gasteiger charge is -2.15. The van der Waals surface area contributed by atoms with Gasteiger partial charge in [-0.2, -0.15) is 0 Å². The van der Waals surface area contributed by atoms with Gasteiger partial charge in [-0.25, -0.2) is 8.78 Å². The molecule has 0 heterocycles. The number of carbonyl (C=O) groups excluding carboxylic acids is 1. The number of benzene rings is 2. The van der Waals surface area contributed by atoms with Gasteiger partial charge in [0, 0.05) is 12.1 Å². The Morgan fingerprint density at radius 1 is 1.12 bits per heavy atom. The second-order valence-corrected chi connectivity index (χ2v) is 5.74. The Kier molecular flexibility index (Phi) is 6.66. The zero-order valence-corrected chi connectivity index (χ0v) is 14.2. The molecule has 2 N–H and O–H groups in total. The molecular weight excluding hydrogens is 344 g/mol. The minimum atomic E-state index is -1.08. The van der Waals surface area contributed by atoms with Gasteiger partial charge in [0.2, 0.25) is 5.91 Å². The van der Waals surface area contributed by atoms with Gasteiger partial charge in [-0.3, -0.25) is 9.59 Å². The van der Waals surface area contributed by atoms with Gasteiger partial charge >= 0.3 is 5.97 Å². The normalized spacial score (nSPS) is 11.7. The lowest BCUT2D eigenvalue weighted by molar-refractivity contribution is -0.141. The average Bonchev–Trinajstić information content (AvgIpc) is 2.62. The summed E-state index contributed by atoms with van der Waals surface area (Å²) in [6.07, 6.45) is -0.210. The summed E-state index contributed by atoms with van der Waals surface area (Å²) in [5.41, 5.74) is 0.618. The fourth-order valence-corrected chi connectivity index (χ4v) is 2.54. The van der Waals surface area contributed by atoms with E-state index in [4.69, 9.17) is 4.74 Å². The molecule has 2 aromatic carbocycles. The fourth-order valence-electron chi connectivity index (χ4n) is 2.54. The van der Waals surface area contributed by atoms with E-state index < -0.39 is 29.4 Å². The highest BCUT2D eigenvalue weighted by Crippen LogP contribution is 2.21. The summed E-state index contributed by atoms with van der Waals surface area (Å²) in [4.78, 5) is 23.4. The zero-order chi connectivity index (χ0) is 19.1. The minimum Gasteiger partial charge on any atom is -0.496 e. The molecule has 0 spiro atoms. The fraction of sp³-hybridized carbons (Fsp3) is 0.263. The number of rotatable bonds is 8. The SMILES string of the molecule is COc1ccccc1CC(CNC(=O)Cc1cccc(F)c1F)C(=O)O. The second kappa shape index (κ2) is 8.94. The van der Waals surface area contributed by atoms with E-state index in [0.29, 0.717) is 11.3 Å². The smallest absolute Gasteiger partial charge is 0.308 e.